The molecule has 21 heavy (non-hydrogen) atoms. The van der Waals surface area contributed by atoms with Crippen LogP contribution in [0.15, 0.2) is 23.2 Å². The highest BCUT2D eigenvalue weighted by atomic mass is 32.2. The van der Waals surface area contributed by atoms with Crippen LogP contribution < -0.4 is 11.1 Å². The van der Waals surface area contributed by atoms with Gasteiger partial charge in [-0.2, -0.15) is 4.31 Å². The Morgan fingerprint density at radius 3 is 2.76 bits per heavy atom. The van der Waals surface area contributed by atoms with E-state index in [0.717, 1.165) is 10.7 Å². The van der Waals surface area contributed by atoms with E-state index in [-0.39, 0.29) is 28.0 Å². The average molecular weight is 330 g/mol. The van der Waals surface area contributed by atoms with Crippen LogP contribution in [0.1, 0.15) is 19.0 Å². The Balaban J connectivity index is 3.01. The fraction of sp³-hybridized carbons (Fsp3) is 0.417. The molecule has 0 atom stereocenters. The van der Waals surface area contributed by atoms with Crippen LogP contribution in [-0.2, 0) is 14.8 Å². The molecule has 1 aromatic heterocycles. The molecule has 0 unspecified atom stereocenters. The molecular weight excluding hydrogens is 312 g/mol. The number of aromatic nitrogens is 1. The van der Waals surface area contributed by atoms with Crippen LogP contribution in [0.5, 0.6) is 0 Å². The average Bonchev–Trinajstić information content (AvgIpc) is 2.44. The summed E-state index contributed by atoms with van der Waals surface area (Å²) in [6, 6.07) is 2.83. The van der Waals surface area contributed by atoms with Gasteiger partial charge in [-0.15, -0.1) is 0 Å². The Morgan fingerprint density at radius 2 is 2.19 bits per heavy atom. The van der Waals surface area contributed by atoms with Crippen molar-refractivity contribution in [1.82, 2.24) is 14.6 Å². The van der Waals surface area contributed by atoms with Crippen LogP contribution in [0.4, 0.5) is 0 Å². The van der Waals surface area contributed by atoms with Gasteiger partial charge in [-0.3, -0.25) is 9.78 Å². The zero-order chi connectivity index (χ0) is 16.0. The Kier molecular flexibility index (Phi) is 6.19. The maximum atomic E-state index is 12.5. The number of hydrogen-bond acceptors (Lipinski definition) is 5. The summed E-state index contributed by atoms with van der Waals surface area (Å²) in [5.41, 5.74) is 5.51. The quantitative estimate of drug-likeness (QED) is 0.674. The first-order chi connectivity index (χ1) is 9.80. The molecule has 9 heteroatoms. The molecule has 0 aliphatic carbocycles. The van der Waals surface area contributed by atoms with Gasteiger partial charge in [-0.25, -0.2) is 8.42 Å². The van der Waals surface area contributed by atoms with Crippen molar-refractivity contribution in [2.75, 3.05) is 20.1 Å². The molecule has 1 amide bonds. The minimum atomic E-state index is -3.89. The molecule has 0 aromatic carbocycles. The van der Waals surface area contributed by atoms with E-state index < -0.39 is 10.0 Å². The van der Waals surface area contributed by atoms with Gasteiger partial charge in [-0.1, -0.05) is 19.1 Å². The van der Waals surface area contributed by atoms with Crippen molar-refractivity contribution in [3.05, 3.63) is 24.0 Å². The Bertz CT molecular complexity index is 631. The highest BCUT2D eigenvalue weighted by molar-refractivity contribution is 7.89. The van der Waals surface area contributed by atoms with E-state index in [1.807, 2.05) is 6.92 Å². The lowest BCUT2D eigenvalue weighted by Gasteiger charge is -2.18. The van der Waals surface area contributed by atoms with E-state index in [0.29, 0.717) is 6.54 Å². The summed E-state index contributed by atoms with van der Waals surface area (Å²) in [5.74, 6) is -0.372. The minimum Gasteiger partial charge on any atom is -0.388 e. The summed E-state index contributed by atoms with van der Waals surface area (Å²) in [5, 5.41) is 2.61. The van der Waals surface area contributed by atoms with Gasteiger partial charge < -0.3 is 11.1 Å². The number of rotatable bonds is 7. The van der Waals surface area contributed by atoms with Crippen molar-refractivity contribution in [3.8, 4) is 0 Å². The molecule has 7 nitrogen and oxygen atoms in total. The monoisotopic (exact) mass is 330 g/mol. The van der Waals surface area contributed by atoms with Crippen LogP contribution >= 0.6 is 12.2 Å². The number of hydrogen-bond donors (Lipinski definition) is 2. The van der Waals surface area contributed by atoms with E-state index in [4.69, 9.17) is 18.0 Å². The van der Waals surface area contributed by atoms with Crippen LogP contribution in [0.25, 0.3) is 0 Å². The maximum Gasteiger partial charge on any atom is 0.245 e. The molecule has 0 radical (unpaired) electrons. The Morgan fingerprint density at radius 1 is 1.52 bits per heavy atom. The molecule has 0 spiro atoms. The van der Waals surface area contributed by atoms with Gasteiger partial charge in [0.05, 0.1) is 6.54 Å². The SMILES string of the molecule is CCCNC(=O)CN(C)S(=O)(=O)c1cccnc1C(N)=S. The molecule has 0 saturated carbocycles. The summed E-state index contributed by atoms with van der Waals surface area (Å²) >= 11 is 4.80. The van der Waals surface area contributed by atoms with Gasteiger partial charge in [-0.05, 0) is 18.6 Å². The van der Waals surface area contributed by atoms with Gasteiger partial charge in [0.15, 0.2) is 0 Å². The van der Waals surface area contributed by atoms with Crippen molar-refractivity contribution in [1.29, 1.82) is 0 Å². The molecule has 116 valence electrons. The number of thiocarbonyl (C=S) groups is 1. The third kappa shape index (κ3) is 4.45. The summed E-state index contributed by atoms with van der Waals surface area (Å²) in [7, 11) is -2.58. The summed E-state index contributed by atoms with van der Waals surface area (Å²) < 4.78 is 25.9. The van der Waals surface area contributed by atoms with Gasteiger partial charge in [0.1, 0.15) is 15.6 Å². The highest BCUT2D eigenvalue weighted by Gasteiger charge is 2.26. The van der Waals surface area contributed by atoms with E-state index in [1.165, 1.54) is 25.4 Å². The van der Waals surface area contributed by atoms with E-state index in [1.54, 1.807) is 0 Å². The first kappa shape index (κ1) is 17.5. The van der Waals surface area contributed by atoms with Crippen molar-refractivity contribution in [2.45, 2.75) is 18.2 Å². The van der Waals surface area contributed by atoms with Crippen LogP contribution in [0.3, 0.4) is 0 Å². The number of likely N-dealkylation sites (N-methyl/N-ethyl adjacent to an activating group) is 1. The lowest BCUT2D eigenvalue weighted by molar-refractivity contribution is -0.121. The third-order valence-corrected chi connectivity index (χ3v) is 4.66. The van der Waals surface area contributed by atoms with Gasteiger partial charge in [0.2, 0.25) is 15.9 Å². The van der Waals surface area contributed by atoms with Crippen molar-refractivity contribution < 1.29 is 13.2 Å². The van der Waals surface area contributed by atoms with Crippen LogP contribution in [0.2, 0.25) is 0 Å². The second-order valence-electron chi connectivity index (χ2n) is 4.33. The molecule has 0 bridgehead atoms. The summed E-state index contributed by atoms with van der Waals surface area (Å²) in [6.07, 6.45) is 2.18. The second kappa shape index (κ2) is 7.43. The molecule has 1 rings (SSSR count). The molecule has 0 fully saturated rings. The normalized spacial score (nSPS) is 11.4. The molecule has 0 aliphatic heterocycles. The molecule has 3 N–H and O–H groups in total. The standard InChI is InChI=1S/C12H18N4O3S2/c1-3-6-14-10(17)8-16(2)21(18,19)9-5-4-7-15-11(9)12(13)20/h4-5,7H,3,6,8H2,1-2H3,(H2,13,20)(H,14,17). The van der Waals surface area contributed by atoms with E-state index in [2.05, 4.69) is 10.3 Å². The molecule has 1 aromatic rings. The van der Waals surface area contributed by atoms with Crippen molar-refractivity contribution >= 4 is 33.1 Å². The smallest absolute Gasteiger partial charge is 0.245 e. The zero-order valence-electron chi connectivity index (χ0n) is 11.9. The Labute approximate surface area is 129 Å². The lowest BCUT2D eigenvalue weighted by Crippen LogP contribution is -2.39. The van der Waals surface area contributed by atoms with Crippen LogP contribution in [-0.4, -0.2) is 48.7 Å². The van der Waals surface area contributed by atoms with Gasteiger partial charge in [0.25, 0.3) is 0 Å². The number of carbonyl (C=O) groups is 1. The van der Waals surface area contributed by atoms with Gasteiger partial charge >= 0.3 is 0 Å². The van der Waals surface area contributed by atoms with Gasteiger partial charge in [0, 0.05) is 19.8 Å². The number of nitrogens with one attached hydrogen (secondary N) is 1. The number of nitrogens with zero attached hydrogens (tertiary/aromatic N) is 2. The molecular formula is C12H18N4O3S2. The minimum absolute atomic E-state index is 0.0216. The Hall–Kier alpha value is -1.58. The van der Waals surface area contributed by atoms with Crippen molar-refractivity contribution in [2.24, 2.45) is 5.73 Å². The maximum absolute atomic E-state index is 12.5. The van der Waals surface area contributed by atoms with Crippen molar-refractivity contribution in [3.63, 3.8) is 0 Å². The largest absolute Gasteiger partial charge is 0.388 e. The third-order valence-electron chi connectivity index (χ3n) is 2.63. The topological polar surface area (TPSA) is 105 Å². The van der Waals surface area contributed by atoms with E-state index >= 15 is 0 Å². The fourth-order valence-corrected chi connectivity index (χ4v) is 3.07. The first-order valence-electron chi connectivity index (χ1n) is 6.28. The number of nitrogens with two attached hydrogens (primary N) is 1. The molecule has 1 heterocycles. The summed E-state index contributed by atoms with van der Waals surface area (Å²) in [4.78, 5) is 15.3. The highest BCUT2D eigenvalue weighted by Crippen LogP contribution is 2.17. The molecule has 0 saturated heterocycles. The van der Waals surface area contributed by atoms with Crippen LogP contribution in [0, 0.1) is 0 Å². The first-order valence-corrected chi connectivity index (χ1v) is 8.13. The lowest BCUT2D eigenvalue weighted by atomic mass is 10.3. The number of carbonyl (C=O) groups excluding carboxylic acids is 1. The summed E-state index contributed by atoms with van der Waals surface area (Å²) in [6.45, 7) is 2.12. The number of amides is 1. The zero-order valence-corrected chi connectivity index (χ0v) is 13.5. The molecule has 0 aliphatic rings. The van der Waals surface area contributed by atoms with E-state index in [9.17, 15) is 13.2 Å². The predicted molar refractivity (Wildman–Crippen MR) is 83.2 cm³/mol. The second-order valence-corrected chi connectivity index (χ2v) is 6.78. The number of pyridine rings is 1. The predicted octanol–water partition coefficient (Wildman–Crippen LogP) is -0.137. The fourth-order valence-electron chi connectivity index (χ4n) is 1.56. The number of sulfonamides is 1.